The van der Waals surface area contributed by atoms with Gasteiger partial charge >= 0.3 is 0 Å². The molecule has 0 aliphatic heterocycles. The van der Waals surface area contributed by atoms with E-state index in [2.05, 4.69) is 5.10 Å². The van der Waals surface area contributed by atoms with E-state index >= 15 is 0 Å². The van der Waals surface area contributed by atoms with Crippen molar-refractivity contribution < 1.29 is 4.79 Å². The number of rotatable bonds is 4. The van der Waals surface area contributed by atoms with Gasteiger partial charge in [-0.15, -0.1) is 0 Å². The molecule has 1 heterocycles. The number of hydrogen-bond acceptors (Lipinski definition) is 3. The van der Waals surface area contributed by atoms with Crippen LogP contribution in [0.3, 0.4) is 0 Å². The minimum absolute atomic E-state index is 0.0486. The largest absolute Gasteiger partial charge is 0.341 e. The third-order valence-corrected chi connectivity index (χ3v) is 5.37. The highest BCUT2D eigenvalue weighted by atomic mass is 16.2. The summed E-state index contributed by atoms with van der Waals surface area (Å²) < 4.78 is 1.32. The van der Waals surface area contributed by atoms with E-state index in [1.54, 1.807) is 13.0 Å². The second-order valence-corrected chi connectivity index (χ2v) is 7.28. The number of likely N-dealkylation sites (N-methyl/N-ethyl adjacent to an activating group) is 1. The first kappa shape index (κ1) is 18.4. The Balaban J connectivity index is 1.85. The first-order chi connectivity index (χ1) is 12.5. The van der Waals surface area contributed by atoms with Gasteiger partial charge in [0, 0.05) is 24.7 Å². The number of nitrogens with zero attached hydrogens (tertiary/aromatic N) is 3. The first-order valence-corrected chi connectivity index (χ1v) is 9.41. The van der Waals surface area contributed by atoms with Crippen molar-refractivity contribution in [3.8, 4) is 11.3 Å². The minimum Gasteiger partial charge on any atom is -0.341 e. The lowest BCUT2D eigenvalue weighted by atomic mass is 9.94. The summed E-state index contributed by atoms with van der Waals surface area (Å²) in [5.41, 5.74) is 2.55. The van der Waals surface area contributed by atoms with Crippen molar-refractivity contribution in [2.45, 2.75) is 58.0 Å². The van der Waals surface area contributed by atoms with Gasteiger partial charge in [-0.3, -0.25) is 9.59 Å². The highest BCUT2D eigenvalue weighted by Gasteiger charge is 2.27. The molecular weight excluding hydrogens is 326 g/mol. The molecule has 138 valence electrons. The summed E-state index contributed by atoms with van der Waals surface area (Å²) >= 11 is 0. The fraction of sp³-hybridized carbons (Fsp3) is 0.476. The van der Waals surface area contributed by atoms with Gasteiger partial charge in [0.2, 0.25) is 5.91 Å². The molecule has 1 aliphatic carbocycles. The fourth-order valence-corrected chi connectivity index (χ4v) is 3.63. The van der Waals surface area contributed by atoms with Crippen molar-refractivity contribution in [1.82, 2.24) is 14.7 Å². The lowest BCUT2D eigenvalue weighted by molar-refractivity contribution is -0.136. The molecule has 0 bridgehead atoms. The topological polar surface area (TPSA) is 55.2 Å². The zero-order valence-electron chi connectivity index (χ0n) is 15.8. The van der Waals surface area contributed by atoms with Gasteiger partial charge in [0.1, 0.15) is 6.04 Å². The molecule has 1 aromatic heterocycles. The molecule has 1 aromatic carbocycles. The molecule has 0 N–H and O–H groups in total. The highest BCUT2D eigenvalue weighted by Crippen LogP contribution is 2.23. The molecule has 5 heteroatoms. The third-order valence-electron chi connectivity index (χ3n) is 5.37. The maximum Gasteiger partial charge on any atom is 0.267 e. The minimum atomic E-state index is -0.611. The molecule has 2 aromatic rings. The molecule has 0 saturated heterocycles. The van der Waals surface area contributed by atoms with Gasteiger partial charge in [-0.1, -0.05) is 49.1 Å². The van der Waals surface area contributed by atoms with E-state index in [-0.39, 0.29) is 17.5 Å². The van der Waals surface area contributed by atoms with Crippen molar-refractivity contribution in [2.75, 3.05) is 7.05 Å². The quantitative estimate of drug-likeness (QED) is 0.844. The van der Waals surface area contributed by atoms with Crippen LogP contribution in [0, 0.1) is 6.92 Å². The molecule has 3 rings (SSSR count). The van der Waals surface area contributed by atoms with E-state index in [0.717, 1.165) is 31.2 Å². The van der Waals surface area contributed by atoms with Crippen LogP contribution in [0.15, 0.2) is 41.2 Å². The smallest absolute Gasteiger partial charge is 0.267 e. The molecule has 1 saturated carbocycles. The summed E-state index contributed by atoms with van der Waals surface area (Å²) in [6.45, 7) is 3.79. The van der Waals surface area contributed by atoms with Gasteiger partial charge in [-0.05, 0) is 32.8 Å². The Bertz CT molecular complexity index is 820. The number of carbonyl (C=O) groups is 1. The van der Waals surface area contributed by atoms with Crippen LogP contribution in [0.1, 0.15) is 50.6 Å². The summed E-state index contributed by atoms with van der Waals surface area (Å²) in [7, 11) is 1.85. The van der Waals surface area contributed by atoms with Crippen LogP contribution < -0.4 is 5.56 Å². The van der Waals surface area contributed by atoms with E-state index < -0.39 is 6.04 Å². The predicted octanol–water partition coefficient (Wildman–Crippen LogP) is 3.57. The Morgan fingerprint density at radius 2 is 1.77 bits per heavy atom. The Labute approximate surface area is 154 Å². The molecule has 5 nitrogen and oxygen atoms in total. The number of aromatic nitrogens is 2. The lowest BCUT2D eigenvalue weighted by Crippen LogP contribution is -2.43. The Morgan fingerprint density at radius 3 is 2.42 bits per heavy atom. The first-order valence-electron chi connectivity index (χ1n) is 9.41. The average molecular weight is 353 g/mol. The van der Waals surface area contributed by atoms with Crippen molar-refractivity contribution in [1.29, 1.82) is 0 Å². The van der Waals surface area contributed by atoms with Crippen LogP contribution in [0.4, 0.5) is 0 Å². The van der Waals surface area contributed by atoms with E-state index in [1.807, 2.05) is 43.1 Å². The standard InChI is InChI=1S/C21H27N3O2/c1-15-9-11-17(12-10-15)19-13-14-20(25)24(22-19)16(2)21(26)23(3)18-7-5-4-6-8-18/h9-14,16,18H,4-8H2,1-3H3. The Hall–Kier alpha value is -2.43. The summed E-state index contributed by atoms with van der Waals surface area (Å²) in [6, 6.07) is 10.9. The van der Waals surface area contributed by atoms with Crippen molar-refractivity contribution in [2.24, 2.45) is 0 Å². The van der Waals surface area contributed by atoms with E-state index in [1.165, 1.54) is 22.7 Å². The average Bonchev–Trinajstić information content (AvgIpc) is 2.68. The monoisotopic (exact) mass is 353 g/mol. The van der Waals surface area contributed by atoms with Crippen molar-refractivity contribution in [3.05, 3.63) is 52.3 Å². The summed E-state index contributed by atoms with van der Waals surface area (Å²) in [5, 5.41) is 4.48. The van der Waals surface area contributed by atoms with Crippen LogP contribution in [0.2, 0.25) is 0 Å². The lowest BCUT2D eigenvalue weighted by Gasteiger charge is -2.33. The number of amides is 1. The van der Waals surface area contributed by atoms with Crippen LogP contribution in [-0.4, -0.2) is 33.7 Å². The summed E-state index contributed by atoms with van der Waals surface area (Å²) in [5.74, 6) is -0.0486. The van der Waals surface area contributed by atoms with Crippen molar-refractivity contribution in [3.63, 3.8) is 0 Å². The zero-order chi connectivity index (χ0) is 18.7. The number of benzene rings is 1. The Morgan fingerprint density at radius 1 is 1.12 bits per heavy atom. The van der Waals surface area contributed by atoms with Crippen molar-refractivity contribution >= 4 is 5.91 Å². The highest BCUT2D eigenvalue weighted by molar-refractivity contribution is 5.80. The number of hydrogen-bond donors (Lipinski definition) is 0. The normalized spacial score (nSPS) is 16.3. The predicted molar refractivity (Wildman–Crippen MR) is 103 cm³/mol. The third kappa shape index (κ3) is 3.87. The van der Waals surface area contributed by atoms with Gasteiger partial charge in [0.15, 0.2) is 0 Å². The van der Waals surface area contributed by atoms with Crippen LogP contribution >= 0.6 is 0 Å². The number of aryl methyl sites for hydroxylation is 1. The van der Waals surface area contributed by atoms with Gasteiger partial charge < -0.3 is 4.90 Å². The molecule has 26 heavy (non-hydrogen) atoms. The molecule has 1 amide bonds. The van der Waals surface area contributed by atoms with Gasteiger partial charge in [-0.2, -0.15) is 5.10 Å². The molecule has 1 atom stereocenters. The van der Waals surface area contributed by atoms with Crippen LogP contribution in [-0.2, 0) is 4.79 Å². The Kier molecular flexibility index (Phi) is 5.55. The van der Waals surface area contributed by atoms with E-state index in [9.17, 15) is 9.59 Å². The maximum absolute atomic E-state index is 12.9. The fourth-order valence-electron chi connectivity index (χ4n) is 3.63. The molecule has 0 radical (unpaired) electrons. The maximum atomic E-state index is 12.9. The van der Waals surface area contributed by atoms with Gasteiger partial charge in [0.25, 0.3) is 5.56 Å². The second-order valence-electron chi connectivity index (χ2n) is 7.28. The second kappa shape index (κ2) is 7.85. The molecular formula is C21H27N3O2. The summed E-state index contributed by atoms with van der Waals surface area (Å²) in [6.07, 6.45) is 5.66. The van der Waals surface area contributed by atoms with Crippen LogP contribution in [0.5, 0.6) is 0 Å². The SMILES string of the molecule is Cc1ccc(-c2ccc(=O)n(C(C)C(=O)N(C)C3CCCCC3)n2)cc1. The zero-order valence-corrected chi connectivity index (χ0v) is 15.8. The number of carbonyl (C=O) groups excluding carboxylic acids is 1. The van der Waals surface area contributed by atoms with Crippen LogP contribution in [0.25, 0.3) is 11.3 Å². The molecule has 1 unspecified atom stereocenters. The molecule has 1 aliphatic rings. The molecule has 1 fully saturated rings. The van der Waals surface area contributed by atoms with Gasteiger partial charge in [-0.25, -0.2) is 4.68 Å². The van der Waals surface area contributed by atoms with E-state index in [0.29, 0.717) is 5.69 Å². The molecule has 0 spiro atoms. The van der Waals surface area contributed by atoms with E-state index in [4.69, 9.17) is 0 Å². The van der Waals surface area contributed by atoms with Gasteiger partial charge in [0.05, 0.1) is 5.69 Å². The summed E-state index contributed by atoms with van der Waals surface area (Å²) in [4.78, 5) is 27.1.